The first kappa shape index (κ1) is 27.0. The summed E-state index contributed by atoms with van der Waals surface area (Å²) >= 11 is 0.980. The molecular weight excluding hydrogens is 545 g/mol. The van der Waals surface area contributed by atoms with Crippen molar-refractivity contribution in [1.82, 2.24) is 4.31 Å². The number of morpholine rings is 1. The minimum Gasteiger partial charge on any atom is -0.495 e. The number of sulfonamides is 2. The fourth-order valence-corrected chi connectivity index (χ4v) is 7.77. The maximum absolute atomic E-state index is 13.5. The number of ether oxygens (including phenoxy) is 2. The minimum atomic E-state index is -4.13. The molecule has 1 fully saturated rings. The predicted molar refractivity (Wildman–Crippen MR) is 136 cm³/mol. The summed E-state index contributed by atoms with van der Waals surface area (Å²) in [6.45, 7) is 0.236. The summed E-state index contributed by atoms with van der Waals surface area (Å²) in [5, 5.41) is 4.15. The Labute approximate surface area is 218 Å². The van der Waals surface area contributed by atoms with E-state index in [-0.39, 0.29) is 52.5 Å². The average molecular weight is 570 g/mol. The first-order chi connectivity index (χ1) is 17.6. The van der Waals surface area contributed by atoms with Crippen LogP contribution >= 0.6 is 11.3 Å². The van der Waals surface area contributed by atoms with Gasteiger partial charge in [-0.25, -0.2) is 21.2 Å². The molecule has 3 aromatic rings. The molecule has 0 radical (unpaired) electrons. The summed E-state index contributed by atoms with van der Waals surface area (Å²) in [5.74, 6) is -1.20. The third-order valence-electron chi connectivity index (χ3n) is 5.48. The van der Waals surface area contributed by atoms with Gasteiger partial charge < -0.3 is 14.8 Å². The van der Waals surface area contributed by atoms with Crippen LogP contribution in [-0.2, 0) is 29.6 Å². The third kappa shape index (κ3) is 5.93. The molecule has 1 amide bonds. The molecule has 1 aliphatic rings. The van der Waals surface area contributed by atoms with Gasteiger partial charge in [0, 0.05) is 18.8 Å². The van der Waals surface area contributed by atoms with Crippen molar-refractivity contribution in [3.8, 4) is 5.75 Å². The van der Waals surface area contributed by atoms with Crippen LogP contribution in [0.15, 0.2) is 69.1 Å². The van der Waals surface area contributed by atoms with Gasteiger partial charge in [0.05, 0.1) is 26.0 Å². The number of nitrogens with zero attached hydrogens (tertiary/aromatic N) is 2. The molecule has 0 unspecified atom stereocenters. The standard InChI is InChI=1S/C23H24FN3O7S3/c1-33-20-9-6-18(15-21(20)36(29,30)26-10-12-34-13-11-26)25-22(28)16-27(19-7-4-17(24)5-8-19)37(31,32)23-3-2-14-35-23/h2-9,14-15H,10-13,16H2,1H3,(H,25,28). The smallest absolute Gasteiger partial charge is 0.274 e. The van der Waals surface area contributed by atoms with E-state index in [1.807, 2.05) is 0 Å². The van der Waals surface area contributed by atoms with Crippen molar-refractivity contribution in [1.29, 1.82) is 0 Å². The van der Waals surface area contributed by atoms with Gasteiger partial charge in [-0.1, -0.05) is 6.07 Å². The lowest BCUT2D eigenvalue weighted by atomic mass is 10.3. The van der Waals surface area contributed by atoms with E-state index in [1.54, 1.807) is 11.4 Å². The molecule has 10 nitrogen and oxygen atoms in total. The van der Waals surface area contributed by atoms with Gasteiger partial charge in [0.25, 0.3) is 10.0 Å². The molecular formula is C23H24FN3O7S3. The minimum absolute atomic E-state index is 0.00737. The number of hydrogen-bond donors (Lipinski definition) is 1. The third-order valence-corrected chi connectivity index (χ3v) is 10.5. The van der Waals surface area contributed by atoms with Crippen LogP contribution in [0.2, 0.25) is 0 Å². The van der Waals surface area contributed by atoms with Crippen LogP contribution in [0.3, 0.4) is 0 Å². The van der Waals surface area contributed by atoms with Crippen LogP contribution < -0.4 is 14.4 Å². The maximum Gasteiger partial charge on any atom is 0.274 e. The van der Waals surface area contributed by atoms with Gasteiger partial charge in [-0.2, -0.15) is 4.31 Å². The molecule has 0 aliphatic carbocycles. The lowest BCUT2D eigenvalue weighted by molar-refractivity contribution is -0.114. The van der Waals surface area contributed by atoms with Gasteiger partial charge in [0.15, 0.2) is 0 Å². The fraction of sp³-hybridized carbons (Fsp3) is 0.261. The number of thiophene rings is 1. The van der Waals surface area contributed by atoms with Crippen LogP contribution in [0, 0.1) is 5.82 Å². The molecule has 2 heterocycles. The van der Waals surface area contributed by atoms with Gasteiger partial charge in [-0.15, -0.1) is 11.3 Å². The summed E-state index contributed by atoms with van der Waals surface area (Å²) in [7, 11) is -6.75. The zero-order valence-electron chi connectivity index (χ0n) is 19.7. The van der Waals surface area contributed by atoms with E-state index in [0.717, 1.165) is 27.8 Å². The molecule has 198 valence electrons. The Morgan fingerprint density at radius 1 is 1.11 bits per heavy atom. The van der Waals surface area contributed by atoms with Gasteiger partial charge in [-0.05, 0) is 53.9 Å². The molecule has 0 spiro atoms. The number of methoxy groups -OCH3 is 1. The summed E-state index contributed by atoms with van der Waals surface area (Å²) < 4.78 is 79.0. The van der Waals surface area contributed by atoms with Crippen molar-refractivity contribution in [3.63, 3.8) is 0 Å². The summed E-state index contributed by atoms with van der Waals surface area (Å²) in [5.41, 5.74) is 0.223. The molecule has 4 rings (SSSR count). The van der Waals surface area contributed by atoms with Crippen LogP contribution in [0.5, 0.6) is 5.75 Å². The van der Waals surface area contributed by atoms with Crippen molar-refractivity contribution < 1.29 is 35.5 Å². The summed E-state index contributed by atoms with van der Waals surface area (Å²) in [6.07, 6.45) is 0. The van der Waals surface area contributed by atoms with Gasteiger partial charge in [-0.3, -0.25) is 9.10 Å². The number of anilines is 2. The van der Waals surface area contributed by atoms with Gasteiger partial charge in [0.1, 0.15) is 27.2 Å². The molecule has 1 aromatic heterocycles. The van der Waals surface area contributed by atoms with Crippen LogP contribution in [0.25, 0.3) is 0 Å². The van der Waals surface area contributed by atoms with Crippen LogP contribution in [0.4, 0.5) is 15.8 Å². The highest BCUT2D eigenvalue weighted by Gasteiger charge is 2.31. The number of halogens is 1. The first-order valence-electron chi connectivity index (χ1n) is 11.0. The van der Waals surface area contributed by atoms with E-state index in [4.69, 9.17) is 9.47 Å². The van der Waals surface area contributed by atoms with E-state index < -0.39 is 38.3 Å². The highest BCUT2D eigenvalue weighted by Crippen LogP contribution is 2.31. The monoisotopic (exact) mass is 569 g/mol. The first-order valence-corrected chi connectivity index (χ1v) is 14.8. The quantitative estimate of drug-likeness (QED) is 0.421. The number of rotatable bonds is 9. The van der Waals surface area contributed by atoms with E-state index in [9.17, 15) is 26.0 Å². The summed E-state index contributed by atoms with van der Waals surface area (Å²) in [6, 6.07) is 11.8. The Kier molecular flexibility index (Phi) is 8.14. The van der Waals surface area contributed by atoms with E-state index in [0.29, 0.717) is 0 Å². The second-order valence-electron chi connectivity index (χ2n) is 7.85. The number of amides is 1. The normalized spacial score (nSPS) is 14.8. The predicted octanol–water partition coefficient (Wildman–Crippen LogP) is 2.75. The summed E-state index contributed by atoms with van der Waals surface area (Å²) in [4.78, 5) is 12.9. The lowest BCUT2D eigenvalue weighted by Gasteiger charge is -2.27. The highest BCUT2D eigenvalue weighted by molar-refractivity contribution is 7.94. The van der Waals surface area contributed by atoms with E-state index in [2.05, 4.69) is 5.32 Å². The molecule has 14 heteroatoms. The van der Waals surface area contributed by atoms with Crippen molar-refractivity contribution in [3.05, 3.63) is 65.8 Å². The molecule has 0 atom stereocenters. The Hall–Kier alpha value is -3.04. The fourth-order valence-electron chi connectivity index (χ4n) is 3.65. The number of nitrogens with one attached hydrogen (secondary N) is 1. The second kappa shape index (κ2) is 11.1. The largest absolute Gasteiger partial charge is 0.495 e. The molecule has 1 N–H and O–H groups in total. The van der Waals surface area contributed by atoms with Crippen molar-refractivity contribution in [2.24, 2.45) is 0 Å². The van der Waals surface area contributed by atoms with Gasteiger partial charge >= 0.3 is 0 Å². The number of carbonyl (C=O) groups is 1. The van der Waals surface area contributed by atoms with Crippen molar-refractivity contribution >= 4 is 48.7 Å². The zero-order valence-corrected chi connectivity index (χ0v) is 22.1. The topological polar surface area (TPSA) is 122 Å². The zero-order chi connectivity index (χ0) is 26.6. The van der Waals surface area contributed by atoms with E-state index >= 15 is 0 Å². The van der Waals surface area contributed by atoms with Crippen molar-refractivity contribution in [2.45, 2.75) is 9.10 Å². The molecule has 1 aliphatic heterocycles. The van der Waals surface area contributed by atoms with Crippen molar-refractivity contribution in [2.75, 3.05) is 49.6 Å². The number of carbonyl (C=O) groups excluding carboxylic acids is 1. The van der Waals surface area contributed by atoms with E-state index in [1.165, 1.54) is 47.8 Å². The molecule has 1 saturated heterocycles. The lowest BCUT2D eigenvalue weighted by Crippen LogP contribution is -2.40. The molecule has 0 bridgehead atoms. The SMILES string of the molecule is COc1ccc(NC(=O)CN(c2ccc(F)cc2)S(=O)(=O)c2cccs2)cc1S(=O)(=O)N1CCOCC1. The molecule has 37 heavy (non-hydrogen) atoms. The highest BCUT2D eigenvalue weighted by atomic mass is 32.2. The average Bonchev–Trinajstić information content (AvgIpc) is 3.45. The Morgan fingerprint density at radius 2 is 1.81 bits per heavy atom. The second-order valence-corrected chi connectivity index (χ2v) is 12.8. The number of benzene rings is 2. The number of hydrogen-bond acceptors (Lipinski definition) is 8. The maximum atomic E-state index is 13.5. The molecule has 0 saturated carbocycles. The van der Waals surface area contributed by atoms with Gasteiger partial charge in [0.2, 0.25) is 15.9 Å². The molecule has 2 aromatic carbocycles. The Bertz CT molecular complexity index is 1460. The van der Waals surface area contributed by atoms with Crippen LogP contribution in [0.1, 0.15) is 0 Å². The Balaban J connectivity index is 1.61. The van der Waals surface area contributed by atoms with Crippen LogP contribution in [-0.4, -0.2) is 67.0 Å². The Morgan fingerprint density at radius 3 is 2.43 bits per heavy atom.